The molecule has 0 radical (unpaired) electrons. The summed E-state index contributed by atoms with van der Waals surface area (Å²) in [6, 6.07) is 6.49. The van der Waals surface area contributed by atoms with E-state index in [0.717, 1.165) is 11.1 Å². The van der Waals surface area contributed by atoms with E-state index in [1.807, 2.05) is 13.2 Å². The van der Waals surface area contributed by atoms with E-state index < -0.39 is 0 Å². The normalized spacial score (nSPS) is 11.4. The van der Waals surface area contributed by atoms with Crippen molar-refractivity contribution in [2.45, 2.75) is 19.8 Å². The quantitative estimate of drug-likeness (QED) is 0.733. The van der Waals surface area contributed by atoms with E-state index in [9.17, 15) is 0 Å². The minimum atomic E-state index is 0.565. The molecule has 0 amide bonds. The SMILES string of the molecule is CC(C)c1ccc2c(N)cn(C)c2c1. The predicted molar refractivity (Wildman–Crippen MR) is 61.4 cm³/mol. The lowest BCUT2D eigenvalue weighted by atomic mass is 10.0. The lowest BCUT2D eigenvalue weighted by Gasteiger charge is -2.05. The Morgan fingerprint density at radius 3 is 2.64 bits per heavy atom. The van der Waals surface area contributed by atoms with Crippen molar-refractivity contribution < 1.29 is 0 Å². The molecule has 0 aliphatic heterocycles. The van der Waals surface area contributed by atoms with Crippen molar-refractivity contribution >= 4 is 16.6 Å². The predicted octanol–water partition coefficient (Wildman–Crippen LogP) is 2.88. The Labute approximate surface area is 84.3 Å². The van der Waals surface area contributed by atoms with Gasteiger partial charge in [0.05, 0.1) is 11.2 Å². The number of hydrogen-bond acceptors (Lipinski definition) is 1. The van der Waals surface area contributed by atoms with E-state index in [-0.39, 0.29) is 0 Å². The maximum atomic E-state index is 5.88. The lowest BCUT2D eigenvalue weighted by molar-refractivity contribution is 0.865. The Balaban J connectivity index is 2.71. The van der Waals surface area contributed by atoms with E-state index in [0.29, 0.717) is 5.92 Å². The van der Waals surface area contributed by atoms with Gasteiger partial charge in [0.2, 0.25) is 0 Å². The molecule has 0 unspecified atom stereocenters. The van der Waals surface area contributed by atoms with E-state index in [4.69, 9.17) is 5.73 Å². The average Bonchev–Trinajstić information content (AvgIpc) is 2.42. The summed E-state index contributed by atoms with van der Waals surface area (Å²) in [6.45, 7) is 4.40. The molecule has 0 aliphatic carbocycles. The number of benzene rings is 1. The fraction of sp³-hybridized carbons (Fsp3) is 0.333. The second-order valence-corrected chi connectivity index (χ2v) is 4.13. The van der Waals surface area contributed by atoms with Crippen LogP contribution in [-0.2, 0) is 7.05 Å². The third-order valence-electron chi connectivity index (χ3n) is 2.71. The van der Waals surface area contributed by atoms with Gasteiger partial charge in [-0.15, -0.1) is 0 Å². The zero-order chi connectivity index (χ0) is 10.3. The highest BCUT2D eigenvalue weighted by atomic mass is 14.9. The molecule has 74 valence electrons. The van der Waals surface area contributed by atoms with Gasteiger partial charge in [-0.2, -0.15) is 0 Å². The first-order chi connectivity index (χ1) is 6.59. The molecule has 0 saturated carbocycles. The summed E-state index contributed by atoms with van der Waals surface area (Å²) in [5.41, 5.74) is 9.32. The minimum Gasteiger partial charge on any atom is -0.397 e. The molecule has 1 aromatic carbocycles. The van der Waals surface area contributed by atoms with Crippen molar-refractivity contribution in [1.29, 1.82) is 0 Å². The van der Waals surface area contributed by atoms with E-state index in [2.05, 4.69) is 36.6 Å². The van der Waals surface area contributed by atoms with Crippen LogP contribution in [0.2, 0.25) is 0 Å². The highest BCUT2D eigenvalue weighted by Crippen LogP contribution is 2.26. The highest BCUT2D eigenvalue weighted by Gasteiger charge is 2.05. The minimum absolute atomic E-state index is 0.565. The van der Waals surface area contributed by atoms with Crippen molar-refractivity contribution in [1.82, 2.24) is 4.57 Å². The Morgan fingerprint density at radius 2 is 2.00 bits per heavy atom. The molecule has 2 nitrogen and oxygen atoms in total. The molecule has 0 saturated heterocycles. The zero-order valence-electron chi connectivity index (χ0n) is 8.91. The number of hydrogen-bond donors (Lipinski definition) is 1. The van der Waals surface area contributed by atoms with Crippen LogP contribution in [0.1, 0.15) is 25.3 Å². The van der Waals surface area contributed by atoms with Crippen LogP contribution in [0, 0.1) is 0 Å². The first kappa shape index (κ1) is 9.13. The third-order valence-corrected chi connectivity index (χ3v) is 2.71. The smallest absolute Gasteiger partial charge is 0.0573 e. The number of nitrogen functional groups attached to an aromatic ring is 1. The molecule has 0 atom stereocenters. The fourth-order valence-electron chi connectivity index (χ4n) is 1.79. The Kier molecular flexibility index (Phi) is 1.99. The fourth-order valence-corrected chi connectivity index (χ4v) is 1.79. The van der Waals surface area contributed by atoms with Crippen molar-refractivity contribution in [2.24, 2.45) is 7.05 Å². The van der Waals surface area contributed by atoms with Crippen LogP contribution in [0.5, 0.6) is 0 Å². The van der Waals surface area contributed by atoms with Gasteiger partial charge < -0.3 is 10.3 Å². The van der Waals surface area contributed by atoms with Crippen molar-refractivity contribution in [3.8, 4) is 0 Å². The van der Waals surface area contributed by atoms with Crippen LogP contribution in [0.15, 0.2) is 24.4 Å². The molecular weight excluding hydrogens is 172 g/mol. The van der Waals surface area contributed by atoms with Crippen LogP contribution in [0.25, 0.3) is 10.9 Å². The summed E-state index contributed by atoms with van der Waals surface area (Å²) < 4.78 is 2.08. The summed E-state index contributed by atoms with van der Waals surface area (Å²) in [5, 5.41) is 1.15. The van der Waals surface area contributed by atoms with Crippen molar-refractivity contribution in [3.63, 3.8) is 0 Å². The van der Waals surface area contributed by atoms with Crippen LogP contribution >= 0.6 is 0 Å². The standard InChI is InChI=1S/C12H16N2/c1-8(2)9-4-5-10-11(13)7-14(3)12(10)6-9/h4-8H,13H2,1-3H3. The van der Waals surface area contributed by atoms with Crippen LogP contribution < -0.4 is 5.73 Å². The topological polar surface area (TPSA) is 30.9 Å². The molecule has 2 heteroatoms. The second kappa shape index (κ2) is 3.05. The summed E-state index contributed by atoms with van der Waals surface area (Å²) in [6.07, 6.45) is 1.97. The molecule has 0 aliphatic rings. The first-order valence-corrected chi connectivity index (χ1v) is 4.94. The molecule has 1 heterocycles. The molecule has 0 bridgehead atoms. The maximum absolute atomic E-state index is 5.88. The van der Waals surface area contributed by atoms with Crippen molar-refractivity contribution in [3.05, 3.63) is 30.0 Å². The number of nitrogens with two attached hydrogens (primary N) is 1. The Bertz CT molecular complexity index is 466. The number of aromatic nitrogens is 1. The molecule has 1 aromatic heterocycles. The summed E-state index contributed by atoms with van der Waals surface area (Å²) in [4.78, 5) is 0. The molecule has 2 rings (SSSR count). The molecule has 2 N–H and O–H groups in total. The van der Waals surface area contributed by atoms with Gasteiger partial charge >= 0.3 is 0 Å². The average molecular weight is 188 g/mol. The van der Waals surface area contributed by atoms with Gasteiger partial charge in [0, 0.05) is 18.6 Å². The number of anilines is 1. The summed E-state index contributed by atoms with van der Waals surface area (Å²) in [5.74, 6) is 0.565. The monoisotopic (exact) mass is 188 g/mol. The number of rotatable bonds is 1. The summed E-state index contributed by atoms with van der Waals surface area (Å²) >= 11 is 0. The number of nitrogens with zero attached hydrogens (tertiary/aromatic N) is 1. The van der Waals surface area contributed by atoms with Gasteiger partial charge in [-0.25, -0.2) is 0 Å². The van der Waals surface area contributed by atoms with Crippen molar-refractivity contribution in [2.75, 3.05) is 5.73 Å². The number of aryl methyl sites for hydroxylation is 1. The Hall–Kier alpha value is -1.44. The molecule has 2 aromatic rings. The van der Waals surface area contributed by atoms with Crippen LogP contribution in [0.4, 0.5) is 5.69 Å². The molecule has 14 heavy (non-hydrogen) atoms. The largest absolute Gasteiger partial charge is 0.397 e. The second-order valence-electron chi connectivity index (χ2n) is 4.13. The van der Waals surface area contributed by atoms with Gasteiger partial charge in [-0.1, -0.05) is 26.0 Å². The zero-order valence-corrected chi connectivity index (χ0v) is 8.91. The van der Waals surface area contributed by atoms with Crippen LogP contribution in [-0.4, -0.2) is 4.57 Å². The Morgan fingerprint density at radius 1 is 1.29 bits per heavy atom. The molecule has 0 fully saturated rings. The maximum Gasteiger partial charge on any atom is 0.0573 e. The van der Waals surface area contributed by atoms with Gasteiger partial charge in [0.1, 0.15) is 0 Å². The summed E-state index contributed by atoms with van der Waals surface area (Å²) in [7, 11) is 2.03. The molecular formula is C12H16N2. The van der Waals surface area contributed by atoms with Gasteiger partial charge in [-0.05, 0) is 17.5 Å². The lowest BCUT2D eigenvalue weighted by Crippen LogP contribution is -1.89. The van der Waals surface area contributed by atoms with E-state index in [1.165, 1.54) is 11.1 Å². The van der Waals surface area contributed by atoms with Gasteiger partial charge in [-0.3, -0.25) is 0 Å². The highest BCUT2D eigenvalue weighted by molar-refractivity contribution is 5.92. The first-order valence-electron chi connectivity index (χ1n) is 4.94. The third kappa shape index (κ3) is 1.27. The van der Waals surface area contributed by atoms with E-state index in [1.54, 1.807) is 0 Å². The van der Waals surface area contributed by atoms with Gasteiger partial charge in [0.15, 0.2) is 0 Å². The molecule has 0 spiro atoms. The van der Waals surface area contributed by atoms with Crippen LogP contribution in [0.3, 0.4) is 0 Å². The van der Waals surface area contributed by atoms with Gasteiger partial charge in [0.25, 0.3) is 0 Å². The number of fused-ring (bicyclic) bond motifs is 1. The van der Waals surface area contributed by atoms with E-state index >= 15 is 0 Å².